The normalized spacial score (nSPS) is 18.9. The van der Waals surface area contributed by atoms with E-state index in [2.05, 4.69) is 21.2 Å². The van der Waals surface area contributed by atoms with Crippen LogP contribution in [0, 0.1) is 15.9 Å². The molecule has 0 radical (unpaired) electrons. The van der Waals surface area contributed by atoms with Gasteiger partial charge in [-0.05, 0) is 28.8 Å². The molecule has 5 nitrogen and oxygen atoms in total. The molecule has 98 valence electrons. The lowest BCUT2D eigenvalue weighted by Gasteiger charge is -2.12. The third kappa shape index (κ3) is 2.97. The molecule has 0 aliphatic carbocycles. The van der Waals surface area contributed by atoms with Gasteiger partial charge in [0.25, 0.3) is 5.69 Å². The topological polar surface area (TPSA) is 64.4 Å². The zero-order valence-electron chi connectivity index (χ0n) is 9.49. The fraction of sp³-hybridized carbons (Fsp3) is 0.455. The van der Waals surface area contributed by atoms with E-state index in [1.807, 2.05) is 0 Å². The van der Waals surface area contributed by atoms with Crippen molar-refractivity contribution < 1.29 is 14.1 Å². The van der Waals surface area contributed by atoms with Crippen LogP contribution in [0.4, 0.5) is 15.8 Å². The van der Waals surface area contributed by atoms with Gasteiger partial charge in [-0.1, -0.05) is 0 Å². The smallest absolute Gasteiger partial charge is 0.293 e. The molecule has 1 heterocycles. The summed E-state index contributed by atoms with van der Waals surface area (Å²) in [7, 11) is 0. The molecular weight excluding hydrogens is 307 g/mol. The molecule has 1 aromatic rings. The van der Waals surface area contributed by atoms with Gasteiger partial charge in [0.05, 0.1) is 15.5 Å². The lowest BCUT2D eigenvalue weighted by Crippen LogP contribution is -2.19. The van der Waals surface area contributed by atoms with E-state index in [9.17, 15) is 14.5 Å². The van der Waals surface area contributed by atoms with Crippen molar-refractivity contribution in [3.05, 3.63) is 32.5 Å². The van der Waals surface area contributed by atoms with Crippen LogP contribution < -0.4 is 5.32 Å². The summed E-state index contributed by atoms with van der Waals surface area (Å²) in [6, 6.07) is 2.28. The molecular formula is C11H12BrFN2O3. The Bertz CT molecular complexity index is 464. The number of hydrogen-bond acceptors (Lipinski definition) is 4. The average Bonchev–Trinajstić information content (AvgIpc) is 2.83. The molecule has 1 N–H and O–H groups in total. The number of nitrogens with one attached hydrogen (secondary N) is 1. The number of hydrogen-bond donors (Lipinski definition) is 1. The summed E-state index contributed by atoms with van der Waals surface area (Å²) in [5, 5.41) is 13.7. The van der Waals surface area contributed by atoms with E-state index in [0.717, 1.165) is 25.0 Å². The van der Waals surface area contributed by atoms with E-state index in [0.29, 0.717) is 13.2 Å². The number of nitro groups is 1. The molecule has 1 aromatic carbocycles. The lowest BCUT2D eigenvalue weighted by molar-refractivity contribution is -0.384. The molecule has 1 saturated heterocycles. The molecule has 1 unspecified atom stereocenters. The molecule has 2 rings (SSSR count). The molecule has 0 bridgehead atoms. The number of halogens is 2. The highest BCUT2D eigenvalue weighted by atomic mass is 79.9. The van der Waals surface area contributed by atoms with Gasteiger partial charge < -0.3 is 10.1 Å². The van der Waals surface area contributed by atoms with Gasteiger partial charge in [-0.2, -0.15) is 0 Å². The van der Waals surface area contributed by atoms with Crippen LogP contribution in [0.5, 0.6) is 0 Å². The Morgan fingerprint density at radius 2 is 2.39 bits per heavy atom. The third-order valence-corrected chi connectivity index (χ3v) is 3.39. The first-order valence-corrected chi connectivity index (χ1v) is 6.36. The van der Waals surface area contributed by atoms with Gasteiger partial charge in [-0.25, -0.2) is 4.39 Å². The molecule has 0 spiro atoms. The minimum atomic E-state index is -0.540. The Balaban J connectivity index is 2.14. The van der Waals surface area contributed by atoms with E-state index in [1.165, 1.54) is 0 Å². The Hall–Kier alpha value is -1.21. The van der Waals surface area contributed by atoms with Crippen LogP contribution in [0.1, 0.15) is 12.8 Å². The molecule has 1 aliphatic heterocycles. The van der Waals surface area contributed by atoms with Crippen molar-refractivity contribution in [1.82, 2.24) is 0 Å². The second kappa shape index (κ2) is 5.62. The molecule has 1 fully saturated rings. The standard InChI is InChI=1S/C11H12BrFN2O3/c12-8-4-11(15(16)17)10(5-9(8)13)14-6-7-2-1-3-18-7/h4-5,7,14H,1-3,6H2. The first-order chi connectivity index (χ1) is 8.58. The minimum Gasteiger partial charge on any atom is -0.377 e. The van der Waals surface area contributed by atoms with E-state index in [-0.39, 0.29) is 22.0 Å². The van der Waals surface area contributed by atoms with Gasteiger partial charge in [-0.15, -0.1) is 0 Å². The summed E-state index contributed by atoms with van der Waals surface area (Å²) >= 11 is 2.93. The Morgan fingerprint density at radius 1 is 1.61 bits per heavy atom. The Labute approximate surface area is 112 Å². The predicted molar refractivity (Wildman–Crippen MR) is 68.2 cm³/mol. The first kappa shape index (κ1) is 13.2. The molecule has 1 atom stereocenters. The summed E-state index contributed by atoms with van der Waals surface area (Å²) in [6.07, 6.45) is 1.94. The van der Waals surface area contributed by atoms with E-state index < -0.39 is 10.7 Å². The number of ether oxygens (including phenoxy) is 1. The van der Waals surface area contributed by atoms with Gasteiger partial charge in [0.15, 0.2) is 0 Å². The van der Waals surface area contributed by atoms with Crippen molar-refractivity contribution in [2.24, 2.45) is 0 Å². The van der Waals surface area contributed by atoms with Crippen molar-refractivity contribution in [3.8, 4) is 0 Å². The Morgan fingerprint density at radius 3 is 3.00 bits per heavy atom. The molecule has 0 aromatic heterocycles. The lowest BCUT2D eigenvalue weighted by atomic mass is 10.2. The highest BCUT2D eigenvalue weighted by molar-refractivity contribution is 9.10. The highest BCUT2D eigenvalue weighted by Gasteiger charge is 2.20. The van der Waals surface area contributed by atoms with Gasteiger partial charge >= 0.3 is 0 Å². The second-order valence-corrected chi connectivity index (χ2v) is 4.91. The Kier molecular flexibility index (Phi) is 4.13. The first-order valence-electron chi connectivity index (χ1n) is 5.57. The number of rotatable bonds is 4. The van der Waals surface area contributed by atoms with Gasteiger partial charge in [0, 0.05) is 25.3 Å². The molecule has 7 heteroatoms. The largest absolute Gasteiger partial charge is 0.377 e. The van der Waals surface area contributed by atoms with E-state index in [4.69, 9.17) is 4.74 Å². The van der Waals surface area contributed by atoms with Crippen LogP contribution in [0.2, 0.25) is 0 Å². The monoisotopic (exact) mass is 318 g/mol. The fourth-order valence-corrected chi connectivity index (χ4v) is 2.19. The van der Waals surface area contributed by atoms with Crippen LogP contribution >= 0.6 is 15.9 Å². The molecule has 1 aliphatic rings. The van der Waals surface area contributed by atoms with Gasteiger partial charge in [0.1, 0.15) is 11.5 Å². The van der Waals surface area contributed by atoms with Crippen molar-refractivity contribution in [2.45, 2.75) is 18.9 Å². The maximum atomic E-state index is 13.4. The predicted octanol–water partition coefficient (Wildman–Crippen LogP) is 3.09. The third-order valence-electron chi connectivity index (χ3n) is 2.78. The molecule has 0 saturated carbocycles. The number of nitro benzene ring substituents is 1. The SMILES string of the molecule is O=[N+]([O-])c1cc(Br)c(F)cc1NCC1CCCO1. The highest BCUT2D eigenvalue weighted by Crippen LogP contribution is 2.30. The minimum absolute atomic E-state index is 0.0383. The molecule has 18 heavy (non-hydrogen) atoms. The number of nitrogens with zero attached hydrogens (tertiary/aromatic N) is 1. The quantitative estimate of drug-likeness (QED) is 0.684. The van der Waals surface area contributed by atoms with Crippen molar-refractivity contribution in [2.75, 3.05) is 18.5 Å². The maximum Gasteiger partial charge on any atom is 0.293 e. The summed E-state index contributed by atoms with van der Waals surface area (Å²) in [4.78, 5) is 10.3. The van der Waals surface area contributed by atoms with Crippen LogP contribution in [0.25, 0.3) is 0 Å². The second-order valence-electron chi connectivity index (χ2n) is 4.06. The van der Waals surface area contributed by atoms with Crippen LogP contribution in [0.15, 0.2) is 16.6 Å². The van der Waals surface area contributed by atoms with Crippen molar-refractivity contribution in [1.29, 1.82) is 0 Å². The summed E-state index contributed by atoms with van der Waals surface area (Å²) in [5.41, 5.74) is 0.0254. The number of anilines is 1. The van der Waals surface area contributed by atoms with E-state index >= 15 is 0 Å². The van der Waals surface area contributed by atoms with Crippen LogP contribution in [-0.2, 0) is 4.74 Å². The zero-order chi connectivity index (χ0) is 13.1. The summed E-state index contributed by atoms with van der Waals surface area (Å²) in [5.74, 6) is -0.532. The van der Waals surface area contributed by atoms with Crippen LogP contribution in [-0.4, -0.2) is 24.2 Å². The summed E-state index contributed by atoms with van der Waals surface area (Å²) < 4.78 is 18.9. The maximum absolute atomic E-state index is 13.4. The fourth-order valence-electron chi connectivity index (χ4n) is 1.86. The number of benzene rings is 1. The van der Waals surface area contributed by atoms with Crippen molar-refractivity contribution in [3.63, 3.8) is 0 Å². The van der Waals surface area contributed by atoms with E-state index in [1.54, 1.807) is 0 Å². The summed E-state index contributed by atoms with van der Waals surface area (Å²) in [6.45, 7) is 1.16. The van der Waals surface area contributed by atoms with Gasteiger partial charge in [0.2, 0.25) is 0 Å². The van der Waals surface area contributed by atoms with Gasteiger partial charge in [-0.3, -0.25) is 10.1 Å². The zero-order valence-corrected chi connectivity index (χ0v) is 11.1. The van der Waals surface area contributed by atoms with Crippen molar-refractivity contribution >= 4 is 27.3 Å². The average molecular weight is 319 g/mol. The molecule has 0 amide bonds. The van der Waals surface area contributed by atoms with Crippen LogP contribution in [0.3, 0.4) is 0 Å².